The van der Waals surface area contributed by atoms with E-state index in [1.807, 2.05) is 24.3 Å². The van der Waals surface area contributed by atoms with E-state index in [0.717, 1.165) is 17.8 Å². The van der Waals surface area contributed by atoms with Gasteiger partial charge in [-0.2, -0.15) is 0 Å². The smallest absolute Gasteiger partial charge is 0.249 e. The maximum atomic E-state index is 11.0. The Kier molecular flexibility index (Phi) is 1.77. The summed E-state index contributed by atoms with van der Waals surface area (Å²) in [6.45, 7) is 0.801. The van der Waals surface area contributed by atoms with Gasteiger partial charge in [0.15, 0.2) is 0 Å². The Morgan fingerprint density at radius 2 is 2.31 bits per heavy atom. The minimum Gasteiger partial charge on any atom is -0.381 e. The average molecular weight is 174 g/mol. The fourth-order valence-electron chi connectivity index (χ4n) is 1.46. The van der Waals surface area contributed by atoms with Crippen LogP contribution in [-0.2, 0) is 0 Å². The van der Waals surface area contributed by atoms with Crippen LogP contribution < -0.4 is 11.1 Å². The standard InChI is InChI=1S/C10H10N2O/c11-10(13)8-3-1-5-9-7(8)4-2-6-12-9/h1-5,12H,6H2,(H2,11,13). The molecule has 3 nitrogen and oxygen atoms in total. The molecule has 1 aliphatic rings. The fourth-order valence-corrected chi connectivity index (χ4v) is 1.46. The zero-order valence-corrected chi connectivity index (χ0v) is 7.08. The maximum Gasteiger partial charge on any atom is 0.249 e. The minimum atomic E-state index is -0.384. The molecule has 2 rings (SSSR count). The molecule has 66 valence electrons. The highest BCUT2D eigenvalue weighted by Crippen LogP contribution is 2.23. The number of carbonyl (C=O) groups is 1. The monoisotopic (exact) mass is 174 g/mol. The molecule has 0 fully saturated rings. The van der Waals surface area contributed by atoms with Crippen molar-refractivity contribution in [1.82, 2.24) is 0 Å². The van der Waals surface area contributed by atoms with Crippen LogP contribution in [0.25, 0.3) is 6.08 Å². The molecule has 0 aliphatic carbocycles. The summed E-state index contributed by atoms with van der Waals surface area (Å²) in [4.78, 5) is 11.0. The summed E-state index contributed by atoms with van der Waals surface area (Å²) >= 11 is 0. The summed E-state index contributed by atoms with van der Waals surface area (Å²) in [6.07, 6.45) is 3.89. The zero-order chi connectivity index (χ0) is 9.26. The molecule has 0 atom stereocenters. The van der Waals surface area contributed by atoms with Crippen LogP contribution in [0, 0.1) is 0 Å². The Labute approximate surface area is 76.2 Å². The number of rotatable bonds is 1. The Balaban J connectivity index is 2.60. The maximum absolute atomic E-state index is 11.0. The number of benzene rings is 1. The second kappa shape index (κ2) is 2.94. The largest absolute Gasteiger partial charge is 0.381 e. The summed E-state index contributed by atoms with van der Waals surface area (Å²) < 4.78 is 0. The molecule has 0 radical (unpaired) electrons. The number of carbonyl (C=O) groups excluding carboxylic acids is 1. The van der Waals surface area contributed by atoms with Gasteiger partial charge in [0.2, 0.25) is 5.91 Å². The van der Waals surface area contributed by atoms with Crippen LogP contribution in [0.3, 0.4) is 0 Å². The molecule has 0 saturated carbocycles. The number of hydrogen-bond donors (Lipinski definition) is 2. The molecule has 0 bridgehead atoms. The van der Waals surface area contributed by atoms with Crippen LogP contribution in [0.5, 0.6) is 0 Å². The summed E-state index contributed by atoms with van der Waals surface area (Å²) in [5.74, 6) is -0.384. The molecule has 1 amide bonds. The molecule has 3 heteroatoms. The van der Waals surface area contributed by atoms with Crippen molar-refractivity contribution in [2.75, 3.05) is 11.9 Å². The zero-order valence-electron chi connectivity index (χ0n) is 7.08. The van der Waals surface area contributed by atoms with Crippen LogP contribution in [0.15, 0.2) is 24.3 Å². The van der Waals surface area contributed by atoms with Gasteiger partial charge in [-0.25, -0.2) is 0 Å². The first-order valence-corrected chi connectivity index (χ1v) is 4.12. The molecule has 0 aromatic heterocycles. The van der Waals surface area contributed by atoms with Crippen LogP contribution in [0.4, 0.5) is 5.69 Å². The fraction of sp³-hybridized carbons (Fsp3) is 0.100. The minimum absolute atomic E-state index is 0.384. The molecule has 0 saturated heterocycles. The van der Waals surface area contributed by atoms with E-state index in [1.54, 1.807) is 6.07 Å². The van der Waals surface area contributed by atoms with Gasteiger partial charge < -0.3 is 11.1 Å². The van der Waals surface area contributed by atoms with E-state index in [4.69, 9.17) is 5.73 Å². The molecule has 0 spiro atoms. The van der Waals surface area contributed by atoms with E-state index in [-0.39, 0.29) is 5.91 Å². The molecule has 13 heavy (non-hydrogen) atoms. The Morgan fingerprint density at radius 3 is 3.08 bits per heavy atom. The van der Waals surface area contributed by atoms with Gasteiger partial charge in [-0.1, -0.05) is 18.2 Å². The quantitative estimate of drug-likeness (QED) is 0.672. The molecule has 1 aromatic carbocycles. The van der Waals surface area contributed by atoms with Crippen molar-refractivity contribution in [3.05, 3.63) is 35.4 Å². The highest BCUT2D eigenvalue weighted by atomic mass is 16.1. The first-order valence-electron chi connectivity index (χ1n) is 4.12. The first kappa shape index (κ1) is 7.86. The van der Waals surface area contributed by atoms with E-state index in [9.17, 15) is 4.79 Å². The molecule has 1 aliphatic heterocycles. The molecule has 1 heterocycles. The third kappa shape index (κ3) is 1.28. The van der Waals surface area contributed by atoms with Gasteiger partial charge in [0, 0.05) is 23.4 Å². The van der Waals surface area contributed by atoms with Gasteiger partial charge in [0.05, 0.1) is 0 Å². The van der Waals surface area contributed by atoms with Crippen molar-refractivity contribution in [3.63, 3.8) is 0 Å². The Morgan fingerprint density at radius 1 is 1.46 bits per heavy atom. The summed E-state index contributed by atoms with van der Waals surface area (Å²) in [5, 5.41) is 3.16. The van der Waals surface area contributed by atoms with Crippen molar-refractivity contribution < 1.29 is 4.79 Å². The normalized spacial score (nSPS) is 13.2. The lowest BCUT2D eigenvalue weighted by Crippen LogP contribution is -2.15. The Hall–Kier alpha value is -1.77. The van der Waals surface area contributed by atoms with Crippen molar-refractivity contribution in [3.8, 4) is 0 Å². The van der Waals surface area contributed by atoms with E-state index in [1.165, 1.54) is 0 Å². The van der Waals surface area contributed by atoms with Crippen LogP contribution in [0.2, 0.25) is 0 Å². The molecule has 0 unspecified atom stereocenters. The van der Waals surface area contributed by atoms with Crippen LogP contribution in [0.1, 0.15) is 15.9 Å². The highest BCUT2D eigenvalue weighted by Gasteiger charge is 2.11. The van der Waals surface area contributed by atoms with Gasteiger partial charge in [-0.15, -0.1) is 0 Å². The van der Waals surface area contributed by atoms with Crippen molar-refractivity contribution in [1.29, 1.82) is 0 Å². The lowest BCUT2D eigenvalue weighted by Gasteiger charge is -2.14. The number of anilines is 1. The first-order chi connectivity index (χ1) is 6.29. The predicted octanol–water partition coefficient (Wildman–Crippen LogP) is 1.22. The van der Waals surface area contributed by atoms with E-state index < -0.39 is 0 Å². The summed E-state index contributed by atoms with van der Waals surface area (Å²) in [7, 11) is 0. The second-order valence-corrected chi connectivity index (χ2v) is 2.91. The van der Waals surface area contributed by atoms with Gasteiger partial charge in [-0.3, -0.25) is 4.79 Å². The summed E-state index contributed by atoms with van der Waals surface area (Å²) in [6, 6.07) is 5.49. The molecule has 3 N–H and O–H groups in total. The number of hydrogen-bond acceptors (Lipinski definition) is 2. The number of nitrogens with two attached hydrogens (primary N) is 1. The van der Waals surface area contributed by atoms with E-state index >= 15 is 0 Å². The van der Waals surface area contributed by atoms with Gasteiger partial charge in [0.1, 0.15) is 0 Å². The number of nitrogens with one attached hydrogen (secondary N) is 1. The third-order valence-electron chi connectivity index (χ3n) is 2.07. The van der Waals surface area contributed by atoms with Crippen molar-refractivity contribution in [2.24, 2.45) is 5.73 Å². The van der Waals surface area contributed by atoms with Crippen LogP contribution in [-0.4, -0.2) is 12.5 Å². The van der Waals surface area contributed by atoms with Gasteiger partial charge in [-0.05, 0) is 12.1 Å². The SMILES string of the molecule is NC(=O)c1cccc2c1C=CCN2. The third-order valence-corrected chi connectivity index (χ3v) is 2.07. The van der Waals surface area contributed by atoms with Gasteiger partial charge in [0.25, 0.3) is 0 Å². The molecular weight excluding hydrogens is 164 g/mol. The lowest BCUT2D eigenvalue weighted by molar-refractivity contribution is 0.1000. The van der Waals surface area contributed by atoms with E-state index in [2.05, 4.69) is 5.32 Å². The number of primary amides is 1. The predicted molar refractivity (Wildman–Crippen MR) is 52.5 cm³/mol. The van der Waals surface area contributed by atoms with Crippen LogP contribution >= 0.6 is 0 Å². The van der Waals surface area contributed by atoms with E-state index in [0.29, 0.717) is 5.56 Å². The van der Waals surface area contributed by atoms with Crippen molar-refractivity contribution in [2.45, 2.75) is 0 Å². The lowest BCUT2D eigenvalue weighted by atomic mass is 10.0. The summed E-state index contributed by atoms with van der Waals surface area (Å²) in [5.41, 5.74) is 7.67. The van der Waals surface area contributed by atoms with Crippen molar-refractivity contribution >= 4 is 17.7 Å². The number of amides is 1. The average Bonchev–Trinajstić information content (AvgIpc) is 2.17. The second-order valence-electron chi connectivity index (χ2n) is 2.91. The van der Waals surface area contributed by atoms with Gasteiger partial charge >= 0.3 is 0 Å². The number of fused-ring (bicyclic) bond motifs is 1. The molecular formula is C10H10N2O. The topological polar surface area (TPSA) is 55.1 Å². The molecule has 1 aromatic rings. The Bertz CT molecular complexity index is 383. The highest BCUT2D eigenvalue weighted by molar-refractivity contribution is 5.99.